The van der Waals surface area contributed by atoms with Crippen LogP contribution in [-0.2, 0) is 0 Å². The Kier molecular flexibility index (Phi) is 1.26. The molecule has 0 radical (unpaired) electrons. The number of nitrogens with two attached hydrogens (primary N) is 2. The molecule has 0 saturated carbocycles. The number of rotatable bonds is 0. The molecule has 2 aromatic rings. The lowest BCUT2D eigenvalue weighted by molar-refractivity contribution is 1.79. The second-order valence-corrected chi connectivity index (χ2v) is 3.56. The van der Waals surface area contributed by atoms with Gasteiger partial charge in [0.05, 0.1) is 5.00 Å². The van der Waals surface area contributed by atoms with Gasteiger partial charge >= 0.3 is 0 Å². The second kappa shape index (κ2) is 2.13. The Bertz CT molecular complexity index is 392. The molecule has 0 fully saturated rings. The Hall–Kier alpha value is -1.22. The minimum Gasteiger partial charge on any atom is -0.399 e. The van der Waals surface area contributed by atoms with Crippen LogP contribution in [0.4, 0.5) is 10.7 Å². The highest BCUT2D eigenvalue weighted by molar-refractivity contribution is 7.22. The molecule has 0 aliphatic carbocycles. The number of nitrogen functional groups attached to an aromatic ring is 2. The normalized spacial score (nSPS) is 10.5. The lowest BCUT2D eigenvalue weighted by atomic mass is 10.2. The van der Waals surface area contributed by atoms with E-state index in [1.165, 1.54) is 4.70 Å². The summed E-state index contributed by atoms with van der Waals surface area (Å²) in [5.74, 6) is 0. The Morgan fingerprint density at radius 3 is 2.73 bits per heavy atom. The van der Waals surface area contributed by atoms with Crippen LogP contribution in [0.2, 0.25) is 0 Å². The van der Waals surface area contributed by atoms with Crippen molar-refractivity contribution in [3.8, 4) is 0 Å². The smallest absolute Gasteiger partial charge is 0.0868 e. The molecule has 3 heteroatoms. The van der Waals surface area contributed by atoms with Crippen molar-refractivity contribution in [1.29, 1.82) is 0 Å². The number of fused-ring (bicyclic) bond motifs is 1. The van der Waals surface area contributed by atoms with Gasteiger partial charge in [0.2, 0.25) is 0 Å². The molecule has 0 atom stereocenters. The van der Waals surface area contributed by atoms with E-state index in [0.29, 0.717) is 0 Å². The van der Waals surface area contributed by atoms with Gasteiger partial charge in [0.1, 0.15) is 0 Å². The fourth-order valence-electron chi connectivity index (χ4n) is 1.08. The fourth-order valence-corrected chi connectivity index (χ4v) is 1.89. The summed E-state index contributed by atoms with van der Waals surface area (Å²) in [5.41, 5.74) is 12.0. The van der Waals surface area contributed by atoms with E-state index in [1.807, 2.05) is 24.3 Å². The summed E-state index contributed by atoms with van der Waals surface area (Å²) < 4.78 is 1.19. The second-order valence-electron chi connectivity index (χ2n) is 2.45. The lowest BCUT2D eigenvalue weighted by Crippen LogP contribution is -1.80. The summed E-state index contributed by atoms with van der Waals surface area (Å²) >= 11 is 1.58. The van der Waals surface area contributed by atoms with E-state index in [2.05, 4.69) is 0 Å². The van der Waals surface area contributed by atoms with E-state index in [4.69, 9.17) is 11.5 Å². The van der Waals surface area contributed by atoms with Crippen molar-refractivity contribution in [2.75, 3.05) is 11.5 Å². The number of anilines is 2. The number of benzene rings is 1. The topological polar surface area (TPSA) is 52.0 Å². The summed E-state index contributed by atoms with van der Waals surface area (Å²) in [6.07, 6.45) is 0. The van der Waals surface area contributed by atoms with E-state index in [9.17, 15) is 0 Å². The molecule has 2 rings (SSSR count). The molecule has 4 N–H and O–H groups in total. The van der Waals surface area contributed by atoms with E-state index in [-0.39, 0.29) is 0 Å². The van der Waals surface area contributed by atoms with Gasteiger partial charge in [-0.05, 0) is 29.7 Å². The van der Waals surface area contributed by atoms with Crippen LogP contribution in [0, 0.1) is 0 Å². The molecular weight excluding hydrogens is 156 g/mol. The first-order chi connectivity index (χ1) is 5.25. The minimum absolute atomic E-state index is 0.787. The predicted octanol–water partition coefficient (Wildman–Crippen LogP) is 2.07. The maximum Gasteiger partial charge on any atom is 0.0868 e. The van der Waals surface area contributed by atoms with Crippen molar-refractivity contribution in [3.05, 3.63) is 24.3 Å². The maximum absolute atomic E-state index is 5.62. The van der Waals surface area contributed by atoms with Gasteiger partial charge in [-0.25, -0.2) is 0 Å². The van der Waals surface area contributed by atoms with Gasteiger partial charge < -0.3 is 11.5 Å². The summed E-state index contributed by atoms with van der Waals surface area (Å²) in [6, 6.07) is 7.75. The molecule has 0 saturated heterocycles. The molecule has 0 unspecified atom stereocenters. The molecule has 11 heavy (non-hydrogen) atoms. The zero-order valence-electron chi connectivity index (χ0n) is 5.87. The molecule has 1 aromatic heterocycles. The van der Waals surface area contributed by atoms with Gasteiger partial charge in [-0.2, -0.15) is 0 Å². The van der Waals surface area contributed by atoms with Crippen molar-refractivity contribution in [2.45, 2.75) is 0 Å². The number of hydrogen-bond donors (Lipinski definition) is 2. The van der Waals surface area contributed by atoms with Crippen LogP contribution in [-0.4, -0.2) is 0 Å². The molecule has 0 spiro atoms. The highest BCUT2D eigenvalue weighted by atomic mass is 32.1. The third-order valence-corrected chi connectivity index (χ3v) is 2.50. The Morgan fingerprint density at radius 1 is 1.09 bits per heavy atom. The third-order valence-electron chi connectivity index (χ3n) is 1.56. The van der Waals surface area contributed by atoms with Crippen molar-refractivity contribution in [3.63, 3.8) is 0 Å². The van der Waals surface area contributed by atoms with Crippen molar-refractivity contribution < 1.29 is 0 Å². The van der Waals surface area contributed by atoms with E-state index < -0.39 is 0 Å². The van der Waals surface area contributed by atoms with Crippen molar-refractivity contribution in [2.24, 2.45) is 0 Å². The number of thiophene rings is 1. The monoisotopic (exact) mass is 164 g/mol. The number of hydrogen-bond acceptors (Lipinski definition) is 3. The average molecular weight is 164 g/mol. The standard InChI is InChI=1S/C8H8N2S/c9-6-1-2-7-5(3-6)4-8(10)11-7/h1-4H,9-10H2. The quantitative estimate of drug-likeness (QED) is 0.585. The highest BCUT2D eigenvalue weighted by Gasteiger charge is 1.97. The highest BCUT2D eigenvalue weighted by Crippen LogP contribution is 2.28. The van der Waals surface area contributed by atoms with Gasteiger partial charge in [-0.15, -0.1) is 11.3 Å². The SMILES string of the molecule is Nc1ccc2sc(N)cc2c1. The van der Waals surface area contributed by atoms with Crippen LogP contribution in [0.25, 0.3) is 10.1 Å². The Morgan fingerprint density at radius 2 is 1.91 bits per heavy atom. The Balaban J connectivity index is 2.82. The van der Waals surface area contributed by atoms with Crippen LogP contribution in [0.3, 0.4) is 0 Å². The van der Waals surface area contributed by atoms with E-state index in [0.717, 1.165) is 16.1 Å². The van der Waals surface area contributed by atoms with E-state index >= 15 is 0 Å². The van der Waals surface area contributed by atoms with Gasteiger partial charge in [-0.3, -0.25) is 0 Å². The molecule has 0 aliphatic heterocycles. The van der Waals surface area contributed by atoms with Crippen LogP contribution < -0.4 is 11.5 Å². The van der Waals surface area contributed by atoms with E-state index in [1.54, 1.807) is 11.3 Å². The third kappa shape index (κ3) is 1.03. The molecule has 1 heterocycles. The van der Waals surface area contributed by atoms with Crippen LogP contribution in [0.5, 0.6) is 0 Å². The molecule has 2 nitrogen and oxygen atoms in total. The first-order valence-electron chi connectivity index (χ1n) is 3.30. The summed E-state index contributed by atoms with van der Waals surface area (Å²) in [5, 5.41) is 1.97. The molecule has 56 valence electrons. The minimum atomic E-state index is 0.787. The van der Waals surface area contributed by atoms with Crippen molar-refractivity contribution >= 4 is 32.1 Å². The molecule has 0 amide bonds. The predicted molar refractivity (Wildman–Crippen MR) is 50.6 cm³/mol. The van der Waals surface area contributed by atoms with Gasteiger partial charge in [0, 0.05) is 10.4 Å². The molecule has 1 aromatic carbocycles. The van der Waals surface area contributed by atoms with Crippen LogP contribution in [0.1, 0.15) is 0 Å². The lowest BCUT2D eigenvalue weighted by Gasteiger charge is -1.90. The zero-order valence-corrected chi connectivity index (χ0v) is 6.69. The zero-order chi connectivity index (χ0) is 7.84. The summed E-state index contributed by atoms with van der Waals surface area (Å²) in [7, 11) is 0. The first-order valence-corrected chi connectivity index (χ1v) is 4.12. The largest absolute Gasteiger partial charge is 0.399 e. The average Bonchev–Trinajstić information content (AvgIpc) is 2.27. The van der Waals surface area contributed by atoms with Gasteiger partial charge in [-0.1, -0.05) is 0 Å². The van der Waals surface area contributed by atoms with Gasteiger partial charge in [0.25, 0.3) is 0 Å². The fraction of sp³-hybridized carbons (Fsp3) is 0. The Labute approximate surface area is 68.4 Å². The first kappa shape index (κ1) is 6.49. The van der Waals surface area contributed by atoms with Gasteiger partial charge in [0.15, 0.2) is 0 Å². The molecule has 0 aliphatic rings. The summed E-state index contributed by atoms with van der Waals surface area (Å²) in [6.45, 7) is 0. The van der Waals surface area contributed by atoms with Crippen LogP contribution >= 0.6 is 11.3 Å². The molecular formula is C8H8N2S. The van der Waals surface area contributed by atoms with Crippen molar-refractivity contribution in [1.82, 2.24) is 0 Å². The van der Waals surface area contributed by atoms with Crippen LogP contribution in [0.15, 0.2) is 24.3 Å². The summed E-state index contributed by atoms with van der Waals surface area (Å²) in [4.78, 5) is 0. The molecule has 0 bridgehead atoms. The maximum atomic E-state index is 5.62.